The lowest BCUT2D eigenvalue weighted by molar-refractivity contribution is 0.0369. The zero-order valence-corrected chi connectivity index (χ0v) is 10.6. The van der Waals surface area contributed by atoms with Gasteiger partial charge in [-0.2, -0.15) is 0 Å². The Morgan fingerprint density at radius 1 is 1.11 bits per heavy atom. The molecular formula is C15H19N2O. The summed E-state index contributed by atoms with van der Waals surface area (Å²) in [6.45, 7) is 6.18. The molecule has 0 N–H and O–H groups in total. The number of para-hydroxylation sites is 1. The molecular weight excluding hydrogens is 224 g/mol. The fourth-order valence-electron chi connectivity index (χ4n) is 2.54. The van der Waals surface area contributed by atoms with E-state index in [1.807, 2.05) is 0 Å². The lowest BCUT2D eigenvalue weighted by Gasteiger charge is -2.26. The van der Waals surface area contributed by atoms with Crippen molar-refractivity contribution in [1.82, 2.24) is 9.47 Å². The summed E-state index contributed by atoms with van der Waals surface area (Å²) in [6.07, 6.45) is 3.26. The maximum absolute atomic E-state index is 5.36. The predicted molar refractivity (Wildman–Crippen MR) is 72.7 cm³/mol. The second kappa shape index (κ2) is 5.55. The van der Waals surface area contributed by atoms with Crippen LogP contribution in [0.4, 0.5) is 0 Å². The molecule has 1 fully saturated rings. The molecule has 0 saturated carbocycles. The van der Waals surface area contributed by atoms with Crippen molar-refractivity contribution in [2.45, 2.75) is 13.0 Å². The molecule has 1 radical (unpaired) electrons. The molecule has 1 aliphatic heterocycles. The van der Waals surface area contributed by atoms with E-state index in [2.05, 4.69) is 46.0 Å². The molecule has 1 aliphatic rings. The van der Waals surface area contributed by atoms with Crippen molar-refractivity contribution in [3.8, 4) is 0 Å². The van der Waals surface area contributed by atoms with Gasteiger partial charge < -0.3 is 9.30 Å². The van der Waals surface area contributed by atoms with Crippen LogP contribution in [0.25, 0.3) is 10.9 Å². The second-order valence-electron chi connectivity index (χ2n) is 4.79. The van der Waals surface area contributed by atoms with E-state index < -0.39 is 0 Å². The van der Waals surface area contributed by atoms with Crippen molar-refractivity contribution < 1.29 is 4.74 Å². The molecule has 0 bridgehead atoms. The van der Waals surface area contributed by atoms with E-state index in [9.17, 15) is 0 Å². The van der Waals surface area contributed by atoms with E-state index in [1.165, 1.54) is 17.3 Å². The summed E-state index contributed by atoms with van der Waals surface area (Å²) in [4.78, 5) is 2.49. The molecule has 1 aromatic heterocycles. The minimum atomic E-state index is 0.889. The summed E-state index contributed by atoms with van der Waals surface area (Å²) in [5.74, 6) is 0. The summed E-state index contributed by atoms with van der Waals surface area (Å²) in [5, 5.41) is 1.21. The van der Waals surface area contributed by atoms with Crippen LogP contribution in [0.2, 0.25) is 0 Å². The standard InChI is InChI=1S/C15H19N2O/c1-2-5-15-14(4-1)6-9-17(15)8-3-7-16-10-12-18-13-11-16/h1-2,4-5,9H,3,7-8,10-13H2. The molecule has 3 heteroatoms. The van der Waals surface area contributed by atoms with Crippen LogP contribution in [-0.2, 0) is 11.3 Å². The minimum Gasteiger partial charge on any atom is -0.379 e. The predicted octanol–water partition coefficient (Wildman–Crippen LogP) is 2.16. The summed E-state index contributed by atoms with van der Waals surface area (Å²) >= 11 is 0. The number of ether oxygens (including phenoxy) is 1. The first-order valence-corrected chi connectivity index (χ1v) is 6.69. The summed E-state index contributed by atoms with van der Waals surface area (Å²) in [5.41, 5.74) is 1.29. The number of nitrogens with zero attached hydrogens (tertiary/aromatic N) is 2. The Kier molecular flexibility index (Phi) is 3.62. The summed E-state index contributed by atoms with van der Waals surface area (Å²) in [7, 11) is 0. The van der Waals surface area contributed by atoms with Crippen LogP contribution in [0.5, 0.6) is 0 Å². The fourth-order valence-corrected chi connectivity index (χ4v) is 2.54. The van der Waals surface area contributed by atoms with Crippen LogP contribution in [0.1, 0.15) is 6.42 Å². The van der Waals surface area contributed by atoms with Gasteiger partial charge in [0.15, 0.2) is 0 Å². The van der Waals surface area contributed by atoms with Crippen LogP contribution in [0.15, 0.2) is 30.5 Å². The first-order valence-electron chi connectivity index (χ1n) is 6.69. The molecule has 18 heavy (non-hydrogen) atoms. The molecule has 2 heterocycles. The Morgan fingerprint density at radius 3 is 2.83 bits per heavy atom. The summed E-state index contributed by atoms with van der Waals surface area (Å²) in [6, 6.07) is 11.8. The Hall–Kier alpha value is -1.32. The van der Waals surface area contributed by atoms with E-state index in [1.54, 1.807) is 0 Å². The van der Waals surface area contributed by atoms with E-state index in [0.29, 0.717) is 0 Å². The van der Waals surface area contributed by atoms with Crippen molar-refractivity contribution in [1.29, 1.82) is 0 Å². The van der Waals surface area contributed by atoms with Gasteiger partial charge in [-0.15, -0.1) is 0 Å². The number of hydrogen-bond donors (Lipinski definition) is 0. The Labute approximate surface area is 108 Å². The number of aryl methyl sites for hydroxylation is 1. The number of hydrogen-bond acceptors (Lipinski definition) is 2. The quantitative estimate of drug-likeness (QED) is 0.819. The van der Waals surface area contributed by atoms with Gasteiger partial charge in [0.1, 0.15) is 0 Å². The third-order valence-corrected chi connectivity index (χ3v) is 3.57. The number of rotatable bonds is 4. The molecule has 0 amide bonds. The molecule has 0 aliphatic carbocycles. The average molecular weight is 243 g/mol. The highest BCUT2D eigenvalue weighted by molar-refractivity contribution is 5.79. The number of fused-ring (bicyclic) bond motifs is 1. The molecule has 0 spiro atoms. The Bertz CT molecular complexity index is 500. The van der Waals surface area contributed by atoms with Crippen molar-refractivity contribution in [2.75, 3.05) is 32.8 Å². The number of aromatic nitrogens is 1. The zero-order chi connectivity index (χ0) is 12.2. The van der Waals surface area contributed by atoms with Crippen molar-refractivity contribution in [3.05, 3.63) is 36.5 Å². The lowest BCUT2D eigenvalue weighted by Crippen LogP contribution is -2.37. The van der Waals surface area contributed by atoms with E-state index in [-0.39, 0.29) is 0 Å². The Balaban J connectivity index is 1.56. The smallest absolute Gasteiger partial charge is 0.0594 e. The van der Waals surface area contributed by atoms with Gasteiger partial charge in [-0.1, -0.05) is 18.2 Å². The van der Waals surface area contributed by atoms with Gasteiger partial charge in [0, 0.05) is 49.3 Å². The van der Waals surface area contributed by atoms with Crippen LogP contribution < -0.4 is 0 Å². The van der Waals surface area contributed by atoms with Gasteiger partial charge in [0.25, 0.3) is 0 Å². The van der Waals surface area contributed by atoms with Gasteiger partial charge in [0.05, 0.1) is 13.2 Å². The lowest BCUT2D eigenvalue weighted by atomic mass is 10.2. The van der Waals surface area contributed by atoms with Crippen LogP contribution in [0.3, 0.4) is 0 Å². The van der Waals surface area contributed by atoms with E-state index in [4.69, 9.17) is 4.74 Å². The molecule has 2 aromatic rings. The van der Waals surface area contributed by atoms with Gasteiger partial charge in [-0.3, -0.25) is 4.90 Å². The normalized spacial score (nSPS) is 17.3. The maximum Gasteiger partial charge on any atom is 0.0594 e. The van der Waals surface area contributed by atoms with Gasteiger partial charge >= 0.3 is 0 Å². The van der Waals surface area contributed by atoms with Crippen LogP contribution in [-0.4, -0.2) is 42.3 Å². The highest BCUT2D eigenvalue weighted by Gasteiger charge is 2.09. The number of morpholine rings is 1. The third kappa shape index (κ3) is 2.57. The SMILES string of the molecule is [c]1cn(CCCN2CCOCC2)c2ccccc12. The average Bonchev–Trinajstić information content (AvgIpc) is 2.84. The van der Waals surface area contributed by atoms with Crippen molar-refractivity contribution in [2.24, 2.45) is 0 Å². The van der Waals surface area contributed by atoms with Crippen molar-refractivity contribution >= 4 is 10.9 Å². The molecule has 3 nitrogen and oxygen atoms in total. The van der Waals surface area contributed by atoms with Crippen LogP contribution in [0, 0.1) is 6.07 Å². The third-order valence-electron chi connectivity index (χ3n) is 3.57. The molecule has 95 valence electrons. The largest absolute Gasteiger partial charge is 0.379 e. The van der Waals surface area contributed by atoms with Crippen molar-refractivity contribution in [3.63, 3.8) is 0 Å². The van der Waals surface area contributed by atoms with Crippen LogP contribution >= 0.6 is 0 Å². The first-order chi connectivity index (χ1) is 8.93. The van der Waals surface area contributed by atoms with Gasteiger partial charge in [-0.25, -0.2) is 0 Å². The van der Waals surface area contributed by atoms with E-state index in [0.717, 1.165) is 39.4 Å². The molecule has 1 aromatic carbocycles. The number of benzene rings is 1. The molecule has 0 atom stereocenters. The molecule has 3 rings (SSSR count). The maximum atomic E-state index is 5.36. The topological polar surface area (TPSA) is 17.4 Å². The monoisotopic (exact) mass is 243 g/mol. The zero-order valence-electron chi connectivity index (χ0n) is 10.6. The highest BCUT2D eigenvalue weighted by Crippen LogP contribution is 2.14. The second-order valence-corrected chi connectivity index (χ2v) is 4.79. The van der Waals surface area contributed by atoms with Gasteiger partial charge in [-0.05, 0) is 12.5 Å². The molecule has 1 saturated heterocycles. The first kappa shape index (κ1) is 11.8. The Morgan fingerprint density at radius 2 is 1.94 bits per heavy atom. The minimum absolute atomic E-state index is 0.889. The fraction of sp³-hybridized carbons (Fsp3) is 0.467. The summed E-state index contributed by atoms with van der Waals surface area (Å²) < 4.78 is 7.66. The molecule has 0 unspecified atom stereocenters. The van der Waals surface area contributed by atoms with Gasteiger partial charge in [0.2, 0.25) is 0 Å². The highest BCUT2D eigenvalue weighted by atomic mass is 16.5. The van der Waals surface area contributed by atoms with E-state index >= 15 is 0 Å².